The second kappa shape index (κ2) is 9.92. The number of nitrogens with one attached hydrogen (secondary N) is 2. The first kappa shape index (κ1) is 24.5. The summed E-state index contributed by atoms with van der Waals surface area (Å²) in [5.74, 6) is 3.87. The van der Waals surface area contributed by atoms with Crippen LogP contribution in [0.3, 0.4) is 0 Å². The minimum atomic E-state index is -0.306. The molecule has 0 saturated heterocycles. The number of hydrogen-bond acceptors (Lipinski definition) is 4. The van der Waals surface area contributed by atoms with Gasteiger partial charge >= 0.3 is 0 Å². The van der Waals surface area contributed by atoms with Crippen molar-refractivity contribution < 1.29 is 15.1 Å². The monoisotopic (exact) mass is 448 g/mol. The summed E-state index contributed by atoms with van der Waals surface area (Å²) in [4.78, 5) is 11.1. The van der Waals surface area contributed by atoms with Gasteiger partial charge in [-0.25, -0.2) is 5.48 Å². The maximum Gasteiger partial charge on any atom is 0.243 e. The number of hydrogen-bond donors (Lipinski definition) is 4. The molecule has 0 spiro atoms. The summed E-state index contributed by atoms with van der Waals surface area (Å²) >= 11 is 0. The van der Waals surface area contributed by atoms with Crippen LogP contribution in [0, 0.1) is 46.3 Å². The molecule has 32 heavy (non-hydrogen) atoms. The first-order valence-corrected chi connectivity index (χ1v) is 13.6. The van der Waals surface area contributed by atoms with Gasteiger partial charge in [-0.2, -0.15) is 0 Å². The Hall–Kier alpha value is -0.650. The average Bonchev–Trinajstić information content (AvgIpc) is 3.13. The van der Waals surface area contributed by atoms with Crippen molar-refractivity contribution in [2.45, 2.75) is 104 Å². The van der Waals surface area contributed by atoms with Crippen LogP contribution in [0.5, 0.6) is 0 Å². The van der Waals surface area contributed by atoms with Crippen molar-refractivity contribution in [2.24, 2.45) is 46.3 Å². The van der Waals surface area contributed by atoms with Crippen LogP contribution in [0.15, 0.2) is 0 Å². The zero-order valence-corrected chi connectivity index (χ0v) is 20.7. The number of rotatable bonds is 8. The maximum atomic E-state index is 11.4. The predicted molar refractivity (Wildman–Crippen MR) is 127 cm³/mol. The van der Waals surface area contributed by atoms with E-state index in [9.17, 15) is 9.90 Å². The predicted octanol–water partition coefficient (Wildman–Crippen LogP) is 4.91. The van der Waals surface area contributed by atoms with Gasteiger partial charge in [0.05, 0.1) is 6.10 Å². The van der Waals surface area contributed by atoms with Crippen molar-refractivity contribution in [1.29, 1.82) is 0 Å². The molecule has 0 aromatic heterocycles. The van der Waals surface area contributed by atoms with Gasteiger partial charge in [0, 0.05) is 6.42 Å². The summed E-state index contributed by atoms with van der Waals surface area (Å²) < 4.78 is 0. The summed E-state index contributed by atoms with van der Waals surface area (Å²) in [6.07, 6.45) is 14.1. The van der Waals surface area contributed by atoms with Crippen LogP contribution in [0.4, 0.5) is 0 Å². The lowest BCUT2D eigenvalue weighted by Crippen LogP contribution is -2.57. The fraction of sp³-hybridized carbons (Fsp3) is 0.963. The summed E-state index contributed by atoms with van der Waals surface area (Å²) in [6, 6.07) is 0. The van der Waals surface area contributed by atoms with Crippen molar-refractivity contribution >= 4 is 5.91 Å². The first-order valence-electron chi connectivity index (χ1n) is 13.6. The lowest BCUT2D eigenvalue weighted by Gasteiger charge is -2.62. The second-order valence-corrected chi connectivity index (χ2v) is 12.4. The minimum Gasteiger partial charge on any atom is -0.393 e. The molecule has 184 valence electrons. The molecule has 4 N–H and O–H groups in total. The summed E-state index contributed by atoms with van der Waals surface area (Å²) in [6.45, 7) is 9.42. The molecule has 9 atom stereocenters. The average molecular weight is 449 g/mol. The van der Waals surface area contributed by atoms with Gasteiger partial charge < -0.3 is 10.4 Å². The van der Waals surface area contributed by atoms with Gasteiger partial charge in [-0.3, -0.25) is 10.0 Å². The van der Waals surface area contributed by atoms with E-state index in [1.807, 2.05) is 0 Å². The van der Waals surface area contributed by atoms with E-state index in [1.165, 1.54) is 57.8 Å². The molecule has 5 heteroatoms. The van der Waals surface area contributed by atoms with E-state index in [0.29, 0.717) is 35.0 Å². The van der Waals surface area contributed by atoms with Crippen LogP contribution in [0.1, 0.15) is 97.8 Å². The molecule has 0 aromatic carbocycles. The van der Waals surface area contributed by atoms with E-state index in [0.717, 1.165) is 43.7 Å². The molecule has 0 aliphatic heterocycles. The largest absolute Gasteiger partial charge is 0.393 e. The van der Waals surface area contributed by atoms with Gasteiger partial charge in [0.2, 0.25) is 5.91 Å². The SMILES string of the molecule is C[C@H](CCNCCCC(=O)NO)C1CCC2C3C(O)CC4CCCCC4(C)C3CCC21C. The lowest BCUT2D eigenvalue weighted by molar-refractivity contribution is -0.164. The lowest BCUT2D eigenvalue weighted by atomic mass is 9.44. The van der Waals surface area contributed by atoms with Gasteiger partial charge in [-0.15, -0.1) is 0 Å². The van der Waals surface area contributed by atoms with Crippen LogP contribution in [0.25, 0.3) is 0 Å². The fourth-order valence-electron chi connectivity index (χ4n) is 9.32. The Balaban J connectivity index is 1.34. The van der Waals surface area contributed by atoms with Gasteiger partial charge in [-0.1, -0.05) is 33.6 Å². The highest BCUT2D eigenvalue weighted by Gasteiger charge is 2.62. The topological polar surface area (TPSA) is 81.6 Å². The van der Waals surface area contributed by atoms with Gasteiger partial charge in [0.25, 0.3) is 0 Å². The van der Waals surface area contributed by atoms with Gasteiger partial charge in [0.1, 0.15) is 0 Å². The van der Waals surface area contributed by atoms with E-state index < -0.39 is 0 Å². The molecule has 8 unspecified atom stereocenters. The van der Waals surface area contributed by atoms with E-state index in [2.05, 4.69) is 26.1 Å². The number of aliphatic hydroxyl groups is 1. The third-order valence-corrected chi connectivity index (χ3v) is 11.0. The number of amides is 1. The molecule has 4 fully saturated rings. The first-order chi connectivity index (χ1) is 15.3. The van der Waals surface area contributed by atoms with Crippen LogP contribution in [-0.4, -0.2) is 35.4 Å². The molecule has 1 amide bonds. The third kappa shape index (κ3) is 4.38. The Morgan fingerprint density at radius 1 is 1.03 bits per heavy atom. The molecule has 0 bridgehead atoms. The van der Waals surface area contributed by atoms with Crippen LogP contribution >= 0.6 is 0 Å². The minimum absolute atomic E-state index is 0.0763. The number of aliphatic hydroxyl groups excluding tert-OH is 1. The van der Waals surface area contributed by atoms with Crippen molar-refractivity contribution in [1.82, 2.24) is 10.8 Å². The van der Waals surface area contributed by atoms with Crippen molar-refractivity contribution in [3.05, 3.63) is 0 Å². The van der Waals surface area contributed by atoms with Gasteiger partial charge in [0.15, 0.2) is 0 Å². The molecule has 4 saturated carbocycles. The van der Waals surface area contributed by atoms with Crippen LogP contribution in [0.2, 0.25) is 0 Å². The zero-order chi connectivity index (χ0) is 22.9. The molecule has 5 nitrogen and oxygen atoms in total. The van der Waals surface area contributed by atoms with Crippen LogP contribution < -0.4 is 10.8 Å². The molecule has 4 aliphatic rings. The summed E-state index contributed by atoms with van der Waals surface area (Å²) in [5, 5.41) is 23.4. The molecule has 0 radical (unpaired) electrons. The van der Waals surface area contributed by atoms with Gasteiger partial charge in [-0.05, 0) is 117 Å². The highest BCUT2D eigenvalue weighted by molar-refractivity contribution is 5.74. The Morgan fingerprint density at radius 2 is 1.81 bits per heavy atom. The Labute approximate surface area is 195 Å². The van der Waals surface area contributed by atoms with Crippen molar-refractivity contribution in [2.75, 3.05) is 13.1 Å². The normalized spacial score (nSPS) is 44.3. The molecule has 0 heterocycles. The third-order valence-electron chi connectivity index (χ3n) is 11.0. The molecule has 4 rings (SSSR count). The Bertz CT molecular complexity index is 657. The highest BCUT2D eigenvalue weighted by Crippen LogP contribution is 2.68. The fourth-order valence-corrected chi connectivity index (χ4v) is 9.32. The van der Waals surface area contributed by atoms with E-state index in [4.69, 9.17) is 5.21 Å². The summed E-state index contributed by atoms with van der Waals surface area (Å²) in [7, 11) is 0. The highest BCUT2D eigenvalue weighted by atomic mass is 16.5. The Kier molecular flexibility index (Phi) is 7.58. The maximum absolute atomic E-state index is 11.4. The van der Waals surface area contributed by atoms with E-state index >= 15 is 0 Å². The quantitative estimate of drug-likeness (QED) is 0.242. The molecular formula is C27H48N2O3. The van der Waals surface area contributed by atoms with Crippen molar-refractivity contribution in [3.63, 3.8) is 0 Å². The standard InChI is InChI=1S/C27H48N2O3/c1-18(12-16-28-15-6-8-24(31)29-32)20-9-10-21-25-22(11-14-27(20,21)3)26(2)13-5-4-7-19(26)17-23(25)30/h18-23,25,28,30,32H,4-17H2,1-3H3,(H,29,31)/t18-,19?,20?,21?,22?,23?,25?,26?,27?/m1/s1. The molecular weight excluding hydrogens is 400 g/mol. The van der Waals surface area contributed by atoms with Crippen molar-refractivity contribution in [3.8, 4) is 0 Å². The van der Waals surface area contributed by atoms with E-state index in [1.54, 1.807) is 5.48 Å². The second-order valence-electron chi connectivity index (χ2n) is 12.4. The number of carbonyl (C=O) groups is 1. The molecule has 0 aromatic rings. The zero-order valence-electron chi connectivity index (χ0n) is 20.7. The number of fused-ring (bicyclic) bond motifs is 5. The Morgan fingerprint density at radius 3 is 2.59 bits per heavy atom. The smallest absolute Gasteiger partial charge is 0.243 e. The van der Waals surface area contributed by atoms with Crippen LogP contribution in [-0.2, 0) is 4.79 Å². The van der Waals surface area contributed by atoms with E-state index in [-0.39, 0.29) is 12.0 Å². The summed E-state index contributed by atoms with van der Waals surface area (Å²) in [5.41, 5.74) is 2.56. The number of carbonyl (C=O) groups excluding carboxylic acids is 1. The number of hydroxylamine groups is 1. The molecule has 4 aliphatic carbocycles.